The van der Waals surface area contributed by atoms with Gasteiger partial charge in [0, 0.05) is 12.1 Å². The smallest absolute Gasteiger partial charge is 0.275 e. The first kappa shape index (κ1) is 15.3. The van der Waals surface area contributed by atoms with E-state index in [1.807, 2.05) is 0 Å². The van der Waals surface area contributed by atoms with Gasteiger partial charge in [-0.05, 0) is 31.3 Å². The molecule has 0 saturated carbocycles. The van der Waals surface area contributed by atoms with Crippen LogP contribution in [0.5, 0.6) is 0 Å². The van der Waals surface area contributed by atoms with E-state index in [0.717, 1.165) is 5.01 Å². The molecule has 1 aromatic carbocycles. The van der Waals surface area contributed by atoms with Crippen LogP contribution < -0.4 is 11.1 Å². The van der Waals surface area contributed by atoms with Crippen LogP contribution >= 0.6 is 12.2 Å². The van der Waals surface area contributed by atoms with Crippen LogP contribution in [-0.2, 0) is 4.79 Å². The molecule has 21 heavy (non-hydrogen) atoms. The van der Waals surface area contributed by atoms with Crippen LogP contribution in [0, 0.1) is 5.21 Å². The van der Waals surface area contributed by atoms with Gasteiger partial charge in [0.1, 0.15) is 0 Å². The lowest BCUT2D eigenvalue weighted by Crippen LogP contribution is -2.99. The maximum Gasteiger partial charge on any atom is 0.275 e. The van der Waals surface area contributed by atoms with E-state index in [-0.39, 0.29) is 10.8 Å². The van der Waals surface area contributed by atoms with Crippen molar-refractivity contribution in [1.29, 1.82) is 0 Å². The second-order valence-corrected chi connectivity index (χ2v) is 4.58. The highest BCUT2D eigenvalue weighted by atomic mass is 32.1. The Balaban J connectivity index is 2.18. The van der Waals surface area contributed by atoms with Crippen molar-refractivity contribution in [2.45, 2.75) is 13.0 Å². The Hall–Kier alpha value is -2.11. The van der Waals surface area contributed by atoms with Gasteiger partial charge in [-0.2, -0.15) is 15.5 Å². The average Bonchev–Trinajstić information content (AvgIpc) is 2.45. The monoisotopic (exact) mass is 308 g/mol. The van der Waals surface area contributed by atoms with Crippen LogP contribution in [0.15, 0.2) is 39.5 Å². The summed E-state index contributed by atoms with van der Waals surface area (Å²) in [5.74, 6) is 4.95. The third kappa shape index (κ3) is 3.32. The van der Waals surface area contributed by atoms with Gasteiger partial charge in [0.25, 0.3) is 5.91 Å². The standard InChI is InChI=1S/C11H12N6O3S/c1-6-9(10(18)16(12)11(21)13-6)15-14-7-2-4-8(5-3-7)17(19)20/h2-5,9,17,19H,12H2,1H3/t9-/m1/s1. The number of benzene rings is 1. The average molecular weight is 308 g/mol. The normalized spacial score (nSPS) is 20.9. The Bertz CT molecular complexity index is 627. The minimum absolute atomic E-state index is 0.0187. The molecular formula is C11H12N6O3S. The van der Waals surface area contributed by atoms with Gasteiger partial charge in [-0.1, -0.05) is 0 Å². The number of hydrogen-bond acceptors (Lipinski definition) is 7. The number of azo groups is 1. The number of carbonyl (C=O) groups excluding carboxylic acids is 1. The molecule has 1 unspecified atom stereocenters. The van der Waals surface area contributed by atoms with Gasteiger partial charge >= 0.3 is 0 Å². The van der Waals surface area contributed by atoms with Crippen LogP contribution in [-0.4, -0.2) is 33.0 Å². The topological polar surface area (TPSA) is 131 Å². The molecule has 2 rings (SSSR count). The first-order chi connectivity index (χ1) is 9.90. The Kier molecular flexibility index (Phi) is 4.45. The molecule has 1 aromatic rings. The lowest BCUT2D eigenvalue weighted by Gasteiger charge is -2.23. The molecule has 1 amide bonds. The van der Waals surface area contributed by atoms with E-state index in [4.69, 9.17) is 23.3 Å². The predicted octanol–water partition coefficient (Wildman–Crippen LogP) is 0.00400. The van der Waals surface area contributed by atoms with E-state index < -0.39 is 17.2 Å². The van der Waals surface area contributed by atoms with Crippen molar-refractivity contribution < 1.29 is 15.2 Å². The second-order valence-electron chi connectivity index (χ2n) is 4.21. The fourth-order valence-electron chi connectivity index (χ4n) is 1.60. The summed E-state index contributed by atoms with van der Waals surface area (Å²) in [6.45, 7) is 1.61. The molecule has 1 aliphatic rings. The Morgan fingerprint density at radius 3 is 2.67 bits per heavy atom. The number of quaternary nitrogens is 1. The van der Waals surface area contributed by atoms with Crippen LogP contribution in [0.2, 0.25) is 0 Å². The number of hydrogen-bond donors (Lipinski definition) is 3. The molecule has 0 radical (unpaired) electrons. The molecule has 1 heterocycles. The van der Waals surface area contributed by atoms with Gasteiger partial charge in [-0.15, -0.1) is 0 Å². The summed E-state index contributed by atoms with van der Waals surface area (Å²) in [6.07, 6.45) is 0. The van der Waals surface area contributed by atoms with E-state index in [1.165, 1.54) is 24.3 Å². The van der Waals surface area contributed by atoms with Gasteiger partial charge in [-0.3, -0.25) is 4.79 Å². The highest BCUT2D eigenvalue weighted by molar-refractivity contribution is 7.80. The van der Waals surface area contributed by atoms with Crippen LogP contribution in [0.4, 0.5) is 11.4 Å². The SMILES string of the molecule is CC1=NC(=S)N(N)C(=O)[C@@H]1N=Nc1ccc([NH+]([O-])O)cc1. The van der Waals surface area contributed by atoms with Crippen LogP contribution in [0.25, 0.3) is 0 Å². The number of thiocarbonyl (C=S) groups is 1. The molecule has 2 atom stereocenters. The van der Waals surface area contributed by atoms with Crippen molar-refractivity contribution in [3.8, 4) is 0 Å². The molecular weight excluding hydrogens is 296 g/mol. The van der Waals surface area contributed by atoms with Gasteiger partial charge in [0.15, 0.2) is 11.7 Å². The van der Waals surface area contributed by atoms with Crippen molar-refractivity contribution in [1.82, 2.24) is 5.01 Å². The zero-order chi connectivity index (χ0) is 15.6. The number of rotatable bonds is 3. The Morgan fingerprint density at radius 2 is 2.10 bits per heavy atom. The molecule has 0 fully saturated rings. The Morgan fingerprint density at radius 1 is 1.48 bits per heavy atom. The van der Waals surface area contributed by atoms with Gasteiger partial charge in [0.05, 0.1) is 11.4 Å². The summed E-state index contributed by atoms with van der Waals surface area (Å²) in [5, 5.41) is 27.0. The van der Waals surface area contributed by atoms with Gasteiger partial charge < -0.3 is 5.21 Å². The number of amides is 1. The predicted molar refractivity (Wildman–Crippen MR) is 77.3 cm³/mol. The van der Waals surface area contributed by atoms with Crippen LogP contribution in [0.3, 0.4) is 0 Å². The van der Waals surface area contributed by atoms with E-state index in [9.17, 15) is 10.0 Å². The number of nitrogens with one attached hydrogen (secondary N) is 1. The molecule has 0 spiro atoms. The van der Waals surface area contributed by atoms with E-state index >= 15 is 0 Å². The molecule has 9 nitrogen and oxygen atoms in total. The summed E-state index contributed by atoms with van der Waals surface area (Å²) in [7, 11) is 0. The van der Waals surface area contributed by atoms with E-state index in [0.29, 0.717) is 11.4 Å². The van der Waals surface area contributed by atoms with E-state index in [2.05, 4.69) is 15.2 Å². The van der Waals surface area contributed by atoms with Crippen molar-refractivity contribution in [2.24, 2.45) is 21.1 Å². The quantitative estimate of drug-likeness (QED) is 0.238. The zero-order valence-corrected chi connectivity index (χ0v) is 11.7. The largest absolute Gasteiger partial charge is 0.595 e. The minimum atomic E-state index is -1.03. The third-order valence-corrected chi connectivity index (χ3v) is 3.04. The third-order valence-electron chi connectivity index (χ3n) is 2.75. The molecule has 0 aromatic heterocycles. The molecule has 0 saturated heterocycles. The minimum Gasteiger partial charge on any atom is -0.595 e. The van der Waals surface area contributed by atoms with Crippen molar-refractivity contribution in [2.75, 3.05) is 0 Å². The molecule has 4 N–H and O–H groups in total. The molecule has 0 aliphatic carbocycles. The molecule has 1 aliphatic heterocycles. The molecule has 0 bridgehead atoms. The molecule has 10 heteroatoms. The lowest BCUT2D eigenvalue weighted by molar-refractivity contribution is -0.991. The van der Waals surface area contributed by atoms with Crippen molar-refractivity contribution in [3.05, 3.63) is 29.5 Å². The zero-order valence-electron chi connectivity index (χ0n) is 10.9. The fraction of sp³-hybridized carbons (Fsp3) is 0.182. The fourth-order valence-corrected chi connectivity index (χ4v) is 1.83. The second kappa shape index (κ2) is 6.11. The first-order valence-corrected chi connectivity index (χ1v) is 6.23. The molecule has 110 valence electrons. The first-order valence-electron chi connectivity index (χ1n) is 5.82. The maximum atomic E-state index is 11.9. The lowest BCUT2D eigenvalue weighted by atomic mass is 10.1. The van der Waals surface area contributed by atoms with Gasteiger partial charge in [0.2, 0.25) is 5.11 Å². The summed E-state index contributed by atoms with van der Waals surface area (Å²) < 4.78 is 0. The highest BCUT2D eigenvalue weighted by Gasteiger charge is 2.32. The summed E-state index contributed by atoms with van der Waals surface area (Å²) in [4.78, 5) is 15.9. The summed E-state index contributed by atoms with van der Waals surface area (Å²) in [5.41, 5.74) is 0.953. The number of nitrogens with two attached hydrogens (primary N) is 1. The van der Waals surface area contributed by atoms with E-state index in [1.54, 1.807) is 6.92 Å². The maximum absolute atomic E-state index is 11.9. The summed E-state index contributed by atoms with van der Waals surface area (Å²) >= 11 is 4.82. The highest BCUT2D eigenvalue weighted by Crippen LogP contribution is 2.17. The van der Waals surface area contributed by atoms with Crippen LogP contribution in [0.1, 0.15) is 6.92 Å². The number of hydrazine groups is 1. The number of nitrogens with zero attached hydrogens (tertiary/aromatic N) is 4. The van der Waals surface area contributed by atoms with Crippen molar-refractivity contribution >= 4 is 40.3 Å². The number of carbonyl (C=O) groups is 1. The summed E-state index contributed by atoms with van der Waals surface area (Å²) in [6, 6.07) is 4.82. The van der Waals surface area contributed by atoms with Gasteiger partial charge in [-0.25, -0.2) is 21.1 Å². The Labute approximate surface area is 124 Å². The van der Waals surface area contributed by atoms with Crippen molar-refractivity contribution in [3.63, 3.8) is 0 Å². The number of aliphatic imine (C=N–C) groups is 1.